The summed E-state index contributed by atoms with van der Waals surface area (Å²) in [6.45, 7) is 2.82. The van der Waals surface area contributed by atoms with Gasteiger partial charge < -0.3 is 5.32 Å². The highest BCUT2D eigenvalue weighted by molar-refractivity contribution is 8.13. The zero-order chi connectivity index (χ0) is 14.8. The predicted molar refractivity (Wildman–Crippen MR) is 78.4 cm³/mol. The lowest BCUT2D eigenvalue weighted by atomic mass is 9.67. The highest BCUT2D eigenvalue weighted by Crippen LogP contribution is 2.43. The number of nitrogens with one attached hydrogen (secondary N) is 1. The monoisotopic (exact) mass is 315 g/mol. The maximum atomic E-state index is 12.0. The van der Waals surface area contributed by atoms with Crippen LogP contribution in [0.2, 0.25) is 0 Å². The molecule has 1 aliphatic carbocycles. The molecule has 20 heavy (non-hydrogen) atoms. The molecule has 1 amide bonds. The van der Waals surface area contributed by atoms with E-state index in [0.29, 0.717) is 12.1 Å². The highest BCUT2D eigenvalue weighted by Gasteiger charge is 2.35. The van der Waals surface area contributed by atoms with Crippen molar-refractivity contribution in [2.75, 3.05) is 6.54 Å². The Bertz CT molecular complexity index is 586. The third kappa shape index (κ3) is 3.33. The summed E-state index contributed by atoms with van der Waals surface area (Å²) in [5.41, 5.74) is 0.703. The first kappa shape index (κ1) is 15.3. The van der Waals surface area contributed by atoms with Crippen molar-refractivity contribution in [3.63, 3.8) is 0 Å². The van der Waals surface area contributed by atoms with Crippen LogP contribution in [0.4, 0.5) is 0 Å². The molecule has 0 radical (unpaired) electrons. The Kier molecular flexibility index (Phi) is 4.39. The van der Waals surface area contributed by atoms with Gasteiger partial charge in [0.15, 0.2) is 0 Å². The SMILES string of the molecule is CCC1(CNC(=O)c2ccc(S(=O)(=O)Cl)cc2)CCC1. The number of hydrogen-bond donors (Lipinski definition) is 1. The fourth-order valence-corrected chi connectivity index (χ4v) is 3.24. The summed E-state index contributed by atoms with van der Waals surface area (Å²) in [5, 5.41) is 2.93. The molecule has 0 heterocycles. The Balaban J connectivity index is 1.99. The third-order valence-corrected chi connectivity index (χ3v) is 5.56. The van der Waals surface area contributed by atoms with Gasteiger partial charge in [-0.1, -0.05) is 13.3 Å². The van der Waals surface area contributed by atoms with E-state index in [1.165, 1.54) is 30.7 Å². The van der Waals surface area contributed by atoms with E-state index < -0.39 is 9.05 Å². The molecular formula is C14H18ClNO3S. The van der Waals surface area contributed by atoms with Gasteiger partial charge in [-0.05, 0) is 48.9 Å². The van der Waals surface area contributed by atoms with Crippen LogP contribution in [0, 0.1) is 5.41 Å². The van der Waals surface area contributed by atoms with Gasteiger partial charge >= 0.3 is 0 Å². The number of halogens is 1. The van der Waals surface area contributed by atoms with Crippen LogP contribution < -0.4 is 5.32 Å². The van der Waals surface area contributed by atoms with Crippen molar-refractivity contribution in [1.82, 2.24) is 5.32 Å². The summed E-state index contributed by atoms with van der Waals surface area (Å²) >= 11 is 0. The highest BCUT2D eigenvalue weighted by atomic mass is 35.7. The molecule has 4 nitrogen and oxygen atoms in total. The molecular weight excluding hydrogens is 298 g/mol. The molecule has 0 aromatic heterocycles. The zero-order valence-electron chi connectivity index (χ0n) is 11.4. The summed E-state index contributed by atoms with van der Waals surface area (Å²) in [6, 6.07) is 5.64. The first-order valence-corrected chi connectivity index (χ1v) is 9.00. The van der Waals surface area contributed by atoms with E-state index in [2.05, 4.69) is 12.2 Å². The molecule has 0 aliphatic heterocycles. The quantitative estimate of drug-likeness (QED) is 0.850. The molecule has 6 heteroatoms. The van der Waals surface area contributed by atoms with Crippen molar-refractivity contribution in [3.8, 4) is 0 Å². The largest absolute Gasteiger partial charge is 0.351 e. The van der Waals surface area contributed by atoms with Crippen molar-refractivity contribution in [3.05, 3.63) is 29.8 Å². The zero-order valence-corrected chi connectivity index (χ0v) is 12.9. The molecule has 2 rings (SSSR count). The second kappa shape index (κ2) is 5.74. The molecule has 1 N–H and O–H groups in total. The Labute approximate surface area is 123 Å². The second-order valence-electron chi connectivity index (χ2n) is 5.35. The number of benzene rings is 1. The van der Waals surface area contributed by atoms with Gasteiger partial charge in [-0.25, -0.2) is 8.42 Å². The molecule has 1 aromatic carbocycles. The first-order valence-electron chi connectivity index (χ1n) is 6.69. The Morgan fingerprint density at radius 2 is 1.90 bits per heavy atom. The lowest BCUT2D eigenvalue weighted by Gasteiger charge is -2.41. The average Bonchev–Trinajstić information content (AvgIpc) is 2.37. The van der Waals surface area contributed by atoms with Crippen molar-refractivity contribution in [2.24, 2.45) is 5.41 Å². The topological polar surface area (TPSA) is 63.2 Å². The van der Waals surface area contributed by atoms with Crippen LogP contribution in [-0.2, 0) is 9.05 Å². The van der Waals surface area contributed by atoms with E-state index in [-0.39, 0.29) is 16.2 Å². The standard InChI is InChI=1S/C14H18ClNO3S/c1-2-14(8-3-9-14)10-16-13(17)11-4-6-12(7-5-11)20(15,18)19/h4-7H,2-3,8-10H2,1H3,(H,16,17). The molecule has 1 fully saturated rings. The Morgan fingerprint density at radius 3 is 2.30 bits per heavy atom. The molecule has 1 aliphatic rings. The number of carbonyl (C=O) groups excluding carboxylic acids is 1. The van der Waals surface area contributed by atoms with Gasteiger partial charge in [0.05, 0.1) is 4.90 Å². The minimum Gasteiger partial charge on any atom is -0.351 e. The number of hydrogen-bond acceptors (Lipinski definition) is 3. The summed E-state index contributed by atoms with van der Waals surface area (Å²) in [5.74, 6) is -0.178. The van der Waals surface area contributed by atoms with Gasteiger partial charge in [-0.3, -0.25) is 4.79 Å². The summed E-state index contributed by atoms with van der Waals surface area (Å²) in [7, 11) is 1.49. The van der Waals surface area contributed by atoms with Crippen LogP contribution in [-0.4, -0.2) is 20.9 Å². The molecule has 1 saturated carbocycles. The van der Waals surface area contributed by atoms with Gasteiger partial charge in [-0.2, -0.15) is 0 Å². The fourth-order valence-electron chi connectivity index (χ4n) is 2.47. The molecule has 0 spiro atoms. The minimum absolute atomic E-state index is 0.000243. The van der Waals surface area contributed by atoms with Crippen LogP contribution in [0.15, 0.2) is 29.2 Å². The Morgan fingerprint density at radius 1 is 1.30 bits per heavy atom. The van der Waals surface area contributed by atoms with Gasteiger partial charge in [0.2, 0.25) is 0 Å². The van der Waals surface area contributed by atoms with Crippen LogP contribution in [0.25, 0.3) is 0 Å². The smallest absolute Gasteiger partial charge is 0.261 e. The van der Waals surface area contributed by atoms with Crippen molar-refractivity contribution in [2.45, 2.75) is 37.5 Å². The summed E-state index contributed by atoms with van der Waals surface area (Å²) in [6.07, 6.45) is 4.61. The van der Waals surface area contributed by atoms with E-state index in [1.807, 2.05) is 0 Å². The van der Waals surface area contributed by atoms with Gasteiger partial charge in [0, 0.05) is 22.8 Å². The van der Waals surface area contributed by atoms with Crippen molar-refractivity contribution >= 4 is 25.6 Å². The average molecular weight is 316 g/mol. The predicted octanol–water partition coefficient (Wildman–Crippen LogP) is 2.92. The van der Waals surface area contributed by atoms with Crippen molar-refractivity contribution < 1.29 is 13.2 Å². The van der Waals surface area contributed by atoms with Gasteiger partial charge in [-0.15, -0.1) is 0 Å². The number of amides is 1. The van der Waals surface area contributed by atoms with Crippen LogP contribution >= 0.6 is 10.7 Å². The molecule has 0 bridgehead atoms. The lowest BCUT2D eigenvalue weighted by Crippen LogP contribution is -2.41. The van der Waals surface area contributed by atoms with E-state index in [1.54, 1.807) is 0 Å². The third-order valence-electron chi connectivity index (χ3n) is 4.19. The summed E-state index contributed by atoms with van der Waals surface area (Å²) in [4.78, 5) is 12.0. The number of rotatable bonds is 5. The Hall–Kier alpha value is -1.07. The van der Waals surface area contributed by atoms with E-state index in [0.717, 1.165) is 19.3 Å². The van der Waals surface area contributed by atoms with E-state index in [9.17, 15) is 13.2 Å². The first-order chi connectivity index (χ1) is 9.36. The molecule has 0 atom stereocenters. The van der Waals surface area contributed by atoms with Gasteiger partial charge in [0.25, 0.3) is 15.0 Å². The minimum atomic E-state index is -3.74. The van der Waals surface area contributed by atoms with Gasteiger partial charge in [0.1, 0.15) is 0 Å². The van der Waals surface area contributed by atoms with E-state index >= 15 is 0 Å². The molecule has 1 aromatic rings. The van der Waals surface area contributed by atoms with E-state index in [4.69, 9.17) is 10.7 Å². The molecule has 110 valence electrons. The molecule has 0 unspecified atom stereocenters. The second-order valence-corrected chi connectivity index (χ2v) is 7.92. The summed E-state index contributed by atoms with van der Waals surface area (Å²) < 4.78 is 22.2. The van der Waals surface area contributed by atoms with Crippen molar-refractivity contribution in [1.29, 1.82) is 0 Å². The van der Waals surface area contributed by atoms with Crippen LogP contribution in [0.1, 0.15) is 43.0 Å². The molecule has 0 saturated heterocycles. The lowest BCUT2D eigenvalue weighted by molar-refractivity contribution is 0.0850. The van der Waals surface area contributed by atoms with Crippen LogP contribution in [0.5, 0.6) is 0 Å². The number of carbonyl (C=O) groups is 1. The van der Waals surface area contributed by atoms with Crippen LogP contribution in [0.3, 0.4) is 0 Å². The maximum absolute atomic E-state index is 12.0. The normalized spacial score (nSPS) is 17.3. The fraction of sp³-hybridized carbons (Fsp3) is 0.500. The maximum Gasteiger partial charge on any atom is 0.261 e.